The molecular formula is C44H50N6O5S. The number of piperidine rings is 1. The number of methoxy groups -OCH3 is 1. The number of rotatable bonds is 7. The van der Waals surface area contributed by atoms with Crippen LogP contribution in [0.2, 0.25) is 0 Å². The molecule has 2 N–H and O–H groups in total. The largest absolute Gasteiger partial charge is 0.464 e. The predicted molar refractivity (Wildman–Crippen MR) is 216 cm³/mol. The van der Waals surface area contributed by atoms with E-state index in [4.69, 9.17) is 19.4 Å². The molecule has 2 aliphatic heterocycles. The molecule has 1 aromatic carbocycles. The summed E-state index contributed by atoms with van der Waals surface area (Å²) in [4.78, 5) is 55.9. The van der Waals surface area contributed by atoms with Crippen molar-refractivity contribution in [1.29, 1.82) is 0 Å². The van der Waals surface area contributed by atoms with Gasteiger partial charge in [0.2, 0.25) is 5.91 Å². The second-order valence-corrected chi connectivity index (χ2v) is 17.2. The van der Waals surface area contributed by atoms with Gasteiger partial charge in [0.25, 0.3) is 0 Å². The molecule has 11 nitrogen and oxygen atoms in total. The number of carbonyl (C=O) groups excluding carboxylic acids is 3. The van der Waals surface area contributed by atoms with E-state index in [1.54, 1.807) is 19.5 Å². The Morgan fingerprint density at radius 1 is 1.14 bits per heavy atom. The van der Waals surface area contributed by atoms with E-state index in [1.165, 1.54) is 11.3 Å². The van der Waals surface area contributed by atoms with Crippen LogP contribution in [-0.4, -0.2) is 69.0 Å². The fraction of sp³-hybridized carbons (Fsp3) is 0.455. The summed E-state index contributed by atoms with van der Waals surface area (Å²) in [5, 5.41) is 10.3. The number of Topliss-reactive ketones (excluding diaryl/α,β-unsaturated/α-hetero) is 1. The van der Waals surface area contributed by atoms with Crippen molar-refractivity contribution >= 4 is 39.9 Å². The van der Waals surface area contributed by atoms with Gasteiger partial charge in [-0.15, -0.1) is 11.3 Å². The third-order valence-corrected chi connectivity index (χ3v) is 12.6. The first-order valence-corrected chi connectivity index (χ1v) is 20.7. The monoisotopic (exact) mass is 774 g/mol. The van der Waals surface area contributed by atoms with Crippen LogP contribution in [-0.2, 0) is 43.2 Å². The van der Waals surface area contributed by atoms with Crippen molar-refractivity contribution in [3.8, 4) is 22.5 Å². The van der Waals surface area contributed by atoms with Crippen LogP contribution in [0.5, 0.6) is 0 Å². The van der Waals surface area contributed by atoms with Gasteiger partial charge in [-0.05, 0) is 93.3 Å². The summed E-state index contributed by atoms with van der Waals surface area (Å²) in [6.45, 7) is 9.35. The minimum atomic E-state index is -0.805. The van der Waals surface area contributed by atoms with Gasteiger partial charge in [-0.2, -0.15) is 0 Å². The Bertz CT molecular complexity index is 2270. The van der Waals surface area contributed by atoms with E-state index < -0.39 is 23.5 Å². The van der Waals surface area contributed by atoms with Gasteiger partial charge in [0.15, 0.2) is 5.78 Å². The smallest absolute Gasteiger partial charge is 0.323 e. The fourth-order valence-electron chi connectivity index (χ4n) is 8.60. The van der Waals surface area contributed by atoms with E-state index in [0.717, 1.165) is 61.8 Å². The van der Waals surface area contributed by atoms with Gasteiger partial charge < -0.3 is 19.4 Å². The van der Waals surface area contributed by atoms with E-state index in [-0.39, 0.29) is 48.6 Å². The maximum absolute atomic E-state index is 14.3. The molecule has 56 heavy (non-hydrogen) atoms. The number of aromatic nitrogens is 4. The molecule has 12 heteroatoms. The average Bonchev–Trinajstić information content (AvgIpc) is 3.80. The van der Waals surface area contributed by atoms with E-state index in [9.17, 15) is 14.4 Å². The molecule has 1 unspecified atom stereocenters. The zero-order chi connectivity index (χ0) is 39.1. The molecule has 1 aliphatic carbocycles. The number of hydrogen-bond acceptors (Lipinski definition) is 10. The molecule has 1 amide bonds. The van der Waals surface area contributed by atoms with Crippen LogP contribution in [0.3, 0.4) is 0 Å². The zero-order valence-corrected chi connectivity index (χ0v) is 33.5. The summed E-state index contributed by atoms with van der Waals surface area (Å²) < 4.78 is 14.2. The number of ketones is 1. The van der Waals surface area contributed by atoms with Crippen LogP contribution in [0.4, 0.5) is 0 Å². The summed E-state index contributed by atoms with van der Waals surface area (Å²) >= 11 is 1.49. The molecule has 0 spiro atoms. The van der Waals surface area contributed by atoms with Crippen molar-refractivity contribution < 1.29 is 23.9 Å². The minimum absolute atomic E-state index is 0.0803. The number of benzene rings is 1. The van der Waals surface area contributed by atoms with Crippen molar-refractivity contribution in [2.75, 3.05) is 13.7 Å². The summed E-state index contributed by atoms with van der Waals surface area (Å²) in [5.41, 5.74) is 7.55. The molecule has 6 heterocycles. The molecule has 3 aliphatic rings. The number of ether oxygens (including phenoxy) is 2. The van der Waals surface area contributed by atoms with E-state index in [2.05, 4.69) is 65.2 Å². The predicted octanol–water partition coefficient (Wildman–Crippen LogP) is 6.99. The molecule has 1 saturated heterocycles. The Labute approximate surface area is 331 Å². The lowest BCUT2D eigenvalue weighted by Gasteiger charge is -2.32. The highest BCUT2D eigenvalue weighted by Crippen LogP contribution is 2.47. The number of fused-ring (bicyclic) bond motifs is 6. The molecule has 6 atom stereocenters. The number of carbonyl (C=O) groups is 3. The Balaban J connectivity index is 1.20. The number of esters is 1. The molecule has 292 valence electrons. The maximum atomic E-state index is 14.3. The van der Waals surface area contributed by atoms with Gasteiger partial charge in [0, 0.05) is 77.4 Å². The van der Waals surface area contributed by atoms with Crippen LogP contribution >= 0.6 is 11.3 Å². The Morgan fingerprint density at radius 3 is 2.75 bits per heavy atom. The summed E-state index contributed by atoms with van der Waals surface area (Å²) in [6, 6.07) is 12.4. The first-order chi connectivity index (χ1) is 27.0. The summed E-state index contributed by atoms with van der Waals surface area (Å²) in [6.07, 6.45) is 8.55. The molecule has 1 saturated carbocycles. The normalized spacial score (nSPS) is 24.3. The third kappa shape index (κ3) is 7.54. The van der Waals surface area contributed by atoms with E-state index in [1.807, 2.05) is 36.7 Å². The Hall–Kier alpha value is -4.78. The number of cyclic esters (lactones) is 1. The van der Waals surface area contributed by atoms with Crippen LogP contribution in [0.15, 0.2) is 66.4 Å². The van der Waals surface area contributed by atoms with Crippen LogP contribution < -0.4 is 10.6 Å². The SMILES string of the molecule is CCn1c(-c2cccnc2[C@H](C)OC)c2c3cc(ccc31)-c1csc(n1)C[C@H](NC(=O)[C@@H]1C[C@H]1c1cccnc1)C(=O)C1CCC[C@H](N1)C(=O)OCC(C)(C)C2. The Kier molecular flexibility index (Phi) is 10.6. The highest BCUT2D eigenvalue weighted by atomic mass is 32.1. The molecule has 0 radical (unpaired) electrons. The average molecular weight is 775 g/mol. The number of nitrogens with one attached hydrogen (secondary N) is 2. The fourth-order valence-corrected chi connectivity index (χ4v) is 9.45. The molecule has 8 rings (SSSR count). The van der Waals surface area contributed by atoms with Gasteiger partial charge >= 0.3 is 5.97 Å². The first kappa shape index (κ1) is 38.1. The van der Waals surface area contributed by atoms with Crippen molar-refractivity contribution in [1.82, 2.24) is 30.2 Å². The number of nitrogens with zero attached hydrogens (tertiary/aromatic N) is 4. The Morgan fingerprint density at radius 2 is 1.96 bits per heavy atom. The highest BCUT2D eigenvalue weighted by molar-refractivity contribution is 7.10. The number of aryl methyl sites for hydroxylation is 1. The second-order valence-electron chi connectivity index (χ2n) is 16.3. The summed E-state index contributed by atoms with van der Waals surface area (Å²) in [5.74, 6) is -0.780. The number of amides is 1. The number of thiazole rings is 1. The third-order valence-electron chi connectivity index (χ3n) is 11.7. The molecule has 4 aromatic heterocycles. The summed E-state index contributed by atoms with van der Waals surface area (Å²) in [7, 11) is 1.70. The quantitative estimate of drug-likeness (QED) is 0.168. The number of pyridine rings is 2. The lowest BCUT2D eigenvalue weighted by molar-refractivity contribution is -0.150. The van der Waals surface area contributed by atoms with Gasteiger partial charge in [0.05, 0.1) is 46.9 Å². The van der Waals surface area contributed by atoms with E-state index >= 15 is 0 Å². The maximum Gasteiger partial charge on any atom is 0.323 e. The lowest BCUT2D eigenvalue weighted by Crippen LogP contribution is -2.56. The van der Waals surface area contributed by atoms with E-state index in [0.29, 0.717) is 32.1 Å². The number of hydrogen-bond donors (Lipinski definition) is 2. The lowest BCUT2D eigenvalue weighted by atomic mass is 9.84. The molecule has 2 fully saturated rings. The van der Waals surface area contributed by atoms with Crippen LogP contribution in [0, 0.1) is 11.3 Å². The van der Waals surface area contributed by atoms with Crippen molar-refractivity contribution in [2.24, 2.45) is 11.3 Å². The minimum Gasteiger partial charge on any atom is -0.464 e. The van der Waals surface area contributed by atoms with Crippen LogP contribution in [0.25, 0.3) is 33.4 Å². The topological polar surface area (TPSA) is 137 Å². The van der Waals surface area contributed by atoms with Crippen LogP contribution in [0.1, 0.15) is 87.2 Å². The van der Waals surface area contributed by atoms with Gasteiger partial charge in [-0.25, -0.2) is 4.98 Å². The van der Waals surface area contributed by atoms with Crippen molar-refractivity contribution in [3.63, 3.8) is 0 Å². The van der Waals surface area contributed by atoms with Gasteiger partial charge in [-0.3, -0.25) is 29.7 Å². The highest BCUT2D eigenvalue weighted by Gasteiger charge is 2.46. The van der Waals surface area contributed by atoms with Crippen molar-refractivity contribution in [2.45, 2.75) is 103 Å². The molecule has 6 bridgehead atoms. The standard InChI is InChI=1S/C44H50N6O5S/c1-6-50-37-15-14-26-18-30(37)32(40(50)28-11-9-17-46-39(28)25(2)54-5)21-44(3,4)24-55-43(53)34-13-7-12-33(47-34)41(51)35(20-38-48-36(26)23-56-38)49-42(52)31-19-29(31)27-10-8-16-45-22-27/h8-11,14-18,22-23,25,29,31,33-35,47H,6-7,12-13,19-21,24H2,1-5H3,(H,49,52)/t25-,29-,31+,33?,34-,35-/m0/s1. The van der Waals surface area contributed by atoms with Crippen molar-refractivity contribution in [3.05, 3.63) is 88.3 Å². The zero-order valence-electron chi connectivity index (χ0n) is 32.7. The van der Waals surface area contributed by atoms with Gasteiger partial charge in [-0.1, -0.05) is 26.0 Å². The first-order valence-electron chi connectivity index (χ1n) is 19.8. The van der Waals surface area contributed by atoms with Gasteiger partial charge in [0.1, 0.15) is 6.04 Å². The molecular weight excluding hydrogens is 725 g/mol. The second kappa shape index (κ2) is 15.6. The molecule has 5 aromatic rings.